The largest absolute Gasteiger partial charge is 0.409 e. The maximum absolute atomic E-state index is 8.86. The minimum absolute atomic E-state index is 0.147. The summed E-state index contributed by atoms with van der Waals surface area (Å²) in [6.07, 6.45) is 3.62. The van der Waals surface area contributed by atoms with Crippen molar-refractivity contribution in [2.24, 2.45) is 10.9 Å². The van der Waals surface area contributed by atoms with Crippen LogP contribution in [0, 0.1) is 0 Å². The van der Waals surface area contributed by atoms with Gasteiger partial charge in [-0.1, -0.05) is 41.2 Å². The van der Waals surface area contributed by atoms with E-state index in [1.807, 2.05) is 24.3 Å². The van der Waals surface area contributed by atoms with Gasteiger partial charge < -0.3 is 10.9 Å². The summed E-state index contributed by atoms with van der Waals surface area (Å²) >= 11 is 1.65. The Balaban J connectivity index is 1.92. The summed E-state index contributed by atoms with van der Waals surface area (Å²) in [4.78, 5) is 2.20. The number of fused-ring (bicyclic) bond motifs is 1. The van der Waals surface area contributed by atoms with Gasteiger partial charge in [-0.05, 0) is 48.6 Å². The van der Waals surface area contributed by atoms with Gasteiger partial charge >= 0.3 is 0 Å². The molecule has 4 heteroatoms. The number of amidine groups is 1. The minimum atomic E-state index is 0.147. The maximum Gasteiger partial charge on any atom is 0.171 e. The van der Waals surface area contributed by atoms with E-state index in [-0.39, 0.29) is 5.84 Å². The van der Waals surface area contributed by atoms with Crippen LogP contribution < -0.4 is 5.73 Å². The molecule has 0 heterocycles. The van der Waals surface area contributed by atoms with Gasteiger partial charge in [0.15, 0.2) is 5.84 Å². The van der Waals surface area contributed by atoms with Gasteiger partial charge in [0.1, 0.15) is 0 Å². The summed E-state index contributed by atoms with van der Waals surface area (Å²) in [5.41, 5.74) is 9.42. The van der Waals surface area contributed by atoms with Crippen molar-refractivity contribution < 1.29 is 5.21 Å². The Morgan fingerprint density at radius 3 is 2.75 bits per heavy atom. The normalized spacial score (nSPS) is 14.3. The molecule has 0 aliphatic heterocycles. The van der Waals surface area contributed by atoms with Crippen LogP contribution in [-0.2, 0) is 12.8 Å². The Hall–Kier alpha value is -1.94. The first-order chi connectivity index (χ1) is 9.78. The van der Waals surface area contributed by atoms with Gasteiger partial charge in [0.25, 0.3) is 0 Å². The lowest BCUT2D eigenvalue weighted by molar-refractivity contribution is 0.318. The second-order valence-corrected chi connectivity index (χ2v) is 5.98. The molecule has 3 rings (SSSR count). The molecule has 0 fully saturated rings. The highest BCUT2D eigenvalue weighted by Gasteiger charge is 2.13. The van der Waals surface area contributed by atoms with E-state index in [1.54, 1.807) is 11.8 Å². The van der Waals surface area contributed by atoms with Gasteiger partial charge in [-0.2, -0.15) is 0 Å². The van der Waals surface area contributed by atoms with Crippen LogP contribution in [0.15, 0.2) is 57.4 Å². The molecule has 0 aromatic heterocycles. The molecule has 2 aromatic rings. The molecular weight excluding hydrogens is 268 g/mol. The summed E-state index contributed by atoms with van der Waals surface area (Å²) in [7, 11) is 0. The van der Waals surface area contributed by atoms with Crippen molar-refractivity contribution in [2.45, 2.75) is 29.1 Å². The van der Waals surface area contributed by atoms with E-state index in [1.165, 1.54) is 35.3 Å². The average Bonchev–Trinajstić information content (AvgIpc) is 2.94. The fraction of sp³-hybridized carbons (Fsp3) is 0.188. The van der Waals surface area contributed by atoms with Crippen LogP contribution in [-0.4, -0.2) is 11.0 Å². The van der Waals surface area contributed by atoms with Crippen molar-refractivity contribution in [3.05, 3.63) is 59.2 Å². The van der Waals surface area contributed by atoms with E-state index in [9.17, 15) is 0 Å². The van der Waals surface area contributed by atoms with Crippen LogP contribution >= 0.6 is 11.8 Å². The zero-order chi connectivity index (χ0) is 13.9. The van der Waals surface area contributed by atoms with Crippen molar-refractivity contribution in [1.29, 1.82) is 0 Å². The van der Waals surface area contributed by atoms with Gasteiger partial charge in [-0.3, -0.25) is 0 Å². The highest BCUT2D eigenvalue weighted by atomic mass is 32.2. The third-order valence-corrected chi connectivity index (χ3v) is 4.63. The zero-order valence-corrected chi connectivity index (χ0v) is 11.9. The van der Waals surface area contributed by atoms with Crippen molar-refractivity contribution in [3.8, 4) is 0 Å². The molecule has 3 nitrogen and oxygen atoms in total. The number of rotatable bonds is 3. The summed E-state index contributed by atoms with van der Waals surface area (Å²) in [5.74, 6) is 0.147. The van der Waals surface area contributed by atoms with Crippen LogP contribution in [0.5, 0.6) is 0 Å². The highest BCUT2D eigenvalue weighted by molar-refractivity contribution is 7.99. The molecule has 1 aliphatic carbocycles. The Bertz CT molecular complexity index is 667. The Morgan fingerprint density at radius 1 is 1.10 bits per heavy atom. The van der Waals surface area contributed by atoms with Gasteiger partial charge in [0.2, 0.25) is 0 Å². The first kappa shape index (κ1) is 13.1. The molecule has 0 radical (unpaired) electrons. The smallest absolute Gasteiger partial charge is 0.171 e. The SMILES string of the molecule is N/C(=N\O)c1ccccc1Sc1ccc2c(c1)CCC2. The predicted molar refractivity (Wildman–Crippen MR) is 81.5 cm³/mol. The molecular formula is C16H16N2OS. The molecule has 0 spiro atoms. The Kier molecular flexibility index (Phi) is 3.65. The third-order valence-electron chi connectivity index (χ3n) is 3.57. The molecule has 1 aliphatic rings. The van der Waals surface area contributed by atoms with Crippen LogP contribution in [0.2, 0.25) is 0 Å². The van der Waals surface area contributed by atoms with Crippen molar-refractivity contribution in [1.82, 2.24) is 0 Å². The summed E-state index contributed by atoms with van der Waals surface area (Å²) < 4.78 is 0. The van der Waals surface area contributed by atoms with E-state index in [2.05, 4.69) is 23.4 Å². The molecule has 0 atom stereocenters. The fourth-order valence-corrected chi connectivity index (χ4v) is 3.58. The number of hydrogen-bond acceptors (Lipinski definition) is 3. The summed E-state index contributed by atoms with van der Waals surface area (Å²) in [5, 5.41) is 12.0. The Labute approximate surface area is 122 Å². The van der Waals surface area contributed by atoms with Gasteiger partial charge in [-0.15, -0.1) is 0 Å². The molecule has 0 saturated heterocycles. The van der Waals surface area contributed by atoms with Crippen LogP contribution in [0.3, 0.4) is 0 Å². The summed E-state index contributed by atoms with van der Waals surface area (Å²) in [6, 6.07) is 14.3. The second kappa shape index (κ2) is 5.59. The second-order valence-electron chi connectivity index (χ2n) is 4.87. The first-order valence-electron chi connectivity index (χ1n) is 6.64. The van der Waals surface area contributed by atoms with Crippen LogP contribution in [0.1, 0.15) is 23.1 Å². The monoisotopic (exact) mass is 284 g/mol. The van der Waals surface area contributed by atoms with Gasteiger partial charge in [-0.25, -0.2) is 0 Å². The van der Waals surface area contributed by atoms with Crippen LogP contribution in [0.25, 0.3) is 0 Å². The lowest BCUT2D eigenvalue weighted by Crippen LogP contribution is -2.13. The first-order valence-corrected chi connectivity index (χ1v) is 7.46. The quantitative estimate of drug-likeness (QED) is 0.393. The lowest BCUT2D eigenvalue weighted by atomic mass is 10.1. The van der Waals surface area contributed by atoms with Gasteiger partial charge in [0.05, 0.1) is 0 Å². The van der Waals surface area contributed by atoms with E-state index in [0.29, 0.717) is 0 Å². The minimum Gasteiger partial charge on any atom is -0.409 e. The lowest BCUT2D eigenvalue weighted by Gasteiger charge is -2.09. The maximum atomic E-state index is 8.86. The molecule has 0 unspecified atom stereocenters. The van der Waals surface area contributed by atoms with E-state index in [0.717, 1.165) is 10.5 Å². The van der Waals surface area contributed by atoms with E-state index < -0.39 is 0 Å². The predicted octanol–water partition coefficient (Wildman–Crippen LogP) is 3.42. The van der Waals surface area contributed by atoms with E-state index in [4.69, 9.17) is 10.9 Å². The molecule has 0 amide bonds. The van der Waals surface area contributed by atoms with Crippen molar-refractivity contribution in [2.75, 3.05) is 0 Å². The summed E-state index contributed by atoms with van der Waals surface area (Å²) in [6.45, 7) is 0. The van der Waals surface area contributed by atoms with Crippen molar-refractivity contribution >= 4 is 17.6 Å². The molecule has 102 valence electrons. The molecule has 2 aromatic carbocycles. The molecule has 0 bridgehead atoms. The molecule has 0 saturated carbocycles. The Morgan fingerprint density at radius 2 is 1.90 bits per heavy atom. The number of oxime groups is 1. The number of aryl methyl sites for hydroxylation is 2. The van der Waals surface area contributed by atoms with Crippen molar-refractivity contribution in [3.63, 3.8) is 0 Å². The number of nitrogens with zero attached hydrogens (tertiary/aromatic N) is 1. The average molecular weight is 284 g/mol. The number of nitrogens with two attached hydrogens (primary N) is 1. The van der Waals surface area contributed by atoms with Crippen LogP contribution in [0.4, 0.5) is 0 Å². The number of hydrogen-bond donors (Lipinski definition) is 2. The highest BCUT2D eigenvalue weighted by Crippen LogP contribution is 2.33. The topological polar surface area (TPSA) is 58.6 Å². The zero-order valence-electron chi connectivity index (χ0n) is 11.0. The fourth-order valence-electron chi connectivity index (χ4n) is 2.56. The number of benzene rings is 2. The van der Waals surface area contributed by atoms with Gasteiger partial charge in [0, 0.05) is 15.4 Å². The van der Waals surface area contributed by atoms with E-state index >= 15 is 0 Å². The third kappa shape index (κ3) is 2.51. The molecule has 3 N–H and O–H groups in total. The standard InChI is InChI=1S/C16H16N2OS/c17-16(18-19)14-6-1-2-7-15(14)20-13-9-8-11-4-3-5-12(11)10-13/h1-2,6-10,19H,3-5H2,(H2,17,18). The molecule has 20 heavy (non-hydrogen) atoms.